The molecule has 0 radical (unpaired) electrons. The minimum absolute atomic E-state index is 0. The molecule has 1 fully saturated rings. The number of phenolic OH excluding ortho intramolecular Hbond substituents is 1. The molecule has 0 unspecified atom stereocenters. The SMILES string of the molecule is Cc1ccc(Br)c([C@@H](N2CCNCC2)C(F)(F)F)c1O.Cl.Cl. The molecule has 1 aromatic carbocycles. The Bertz CT molecular complexity index is 497. The monoisotopic (exact) mass is 424 g/mol. The lowest BCUT2D eigenvalue weighted by molar-refractivity contribution is -0.188. The Morgan fingerprint density at radius 2 is 1.77 bits per heavy atom. The molecule has 9 heteroatoms. The second kappa shape index (κ2) is 8.59. The first-order valence-corrected chi connectivity index (χ1v) is 7.11. The largest absolute Gasteiger partial charge is 0.507 e. The van der Waals surface area contributed by atoms with Crippen LogP contribution in [0, 0.1) is 6.92 Å². The van der Waals surface area contributed by atoms with E-state index in [2.05, 4.69) is 21.2 Å². The maximum atomic E-state index is 13.5. The molecule has 1 saturated heterocycles. The summed E-state index contributed by atoms with van der Waals surface area (Å²) in [4.78, 5) is 1.36. The van der Waals surface area contributed by atoms with Crippen molar-refractivity contribution in [3.05, 3.63) is 27.7 Å². The fourth-order valence-electron chi connectivity index (χ4n) is 2.45. The molecule has 1 aliphatic heterocycles. The van der Waals surface area contributed by atoms with Gasteiger partial charge >= 0.3 is 6.18 Å². The number of rotatable bonds is 2. The molecule has 0 saturated carbocycles. The van der Waals surface area contributed by atoms with Crippen molar-refractivity contribution in [2.24, 2.45) is 0 Å². The minimum Gasteiger partial charge on any atom is -0.507 e. The van der Waals surface area contributed by atoms with E-state index >= 15 is 0 Å². The van der Waals surface area contributed by atoms with Gasteiger partial charge in [0, 0.05) is 36.2 Å². The molecular weight excluding hydrogens is 408 g/mol. The number of piperazine rings is 1. The molecule has 1 heterocycles. The zero-order chi connectivity index (χ0) is 14.9. The first-order valence-electron chi connectivity index (χ1n) is 6.32. The van der Waals surface area contributed by atoms with E-state index in [9.17, 15) is 18.3 Å². The normalized spacial score (nSPS) is 17.3. The molecule has 3 nitrogen and oxygen atoms in total. The molecule has 0 bridgehead atoms. The van der Waals surface area contributed by atoms with Gasteiger partial charge in [-0.25, -0.2) is 0 Å². The number of alkyl halides is 3. The fourth-order valence-corrected chi connectivity index (χ4v) is 2.98. The molecule has 0 aliphatic carbocycles. The molecule has 2 rings (SSSR count). The summed E-state index contributed by atoms with van der Waals surface area (Å²) in [5.74, 6) is -0.291. The van der Waals surface area contributed by atoms with Gasteiger partial charge in [-0.1, -0.05) is 22.0 Å². The highest BCUT2D eigenvalue weighted by Crippen LogP contribution is 2.45. The minimum atomic E-state index is -4.44. The highest BCUT2D eigenvalue weighted by Gasteiger charge is 2.47. The van der Waals surface area contributed by atoms with Gasteiger partial charge in [0.2, 0.25) is 0 Å². The number of aromatic hydroxyl groups is 1. The molecule has 128 valence electrons. The van der Waals surface area contributed by atoms with Crippen molar-refractivity contribution >= 4 is 40.7 Å². The van der Waals surface area contributed by atoms with E-state index in [-0.39, 0.29) is 40.6 Å². The van der Waals surface area contributed by atoms with Crippen molar-refractivity contribution in [2.75, 3.05) is 26.2 Å². The first-order chi connectivity index (χ1) is 9.32. The van der Waals surface area contributed by atoms with E-state index in [1.807, 2.05) is 0 Å². The molecule has 1 atom stereocenters. The average Bonchev–Trinajstić information content (AvgIpc) is 2.39. The molecular formula is C13H18BrCl2F3N2O. The Morgan fingerprint density at radius 1 is 1.23 bits per heavy atom. The molecule has 0 aromatic heterocycles. The summed E-state index contributed by atoms with van der Waals surface area (Å²) in [6.07, 6.45) is -4.44. The van der Waals surface area contributed by atoms with Crippen molar-refractivity contribution in [1.29, 1.82) is 0 Å². The van der Waals surface area contributed by atoms with E-state index in [0.29, 0.717) is 31.7 Å². The summed E-state index contributed by atoms with van der Waals surface area (Å²) in [7, 11) is 0. The first kappa shape index (κ1) is 21.8. The van der Waals surface area contributed by atoms with Gasteiger partial charge in [-0.05, 0) is 18.6 Å². The fraction of sp³-hybridized carbons (Fsp3) is 0.538. The van der Waals surface area contributed by atoms with E-state index in [4.69, 9.17) is 0 Å². The topological polar surface area (TPSA) is 35.5 Å². The summed E-state index contributed by atoms with van der Waals surface area (Å²) in [6, 6.07) is 1.35. The Balaban J connectivity index is 0.00000220. The van der Waals surface area contributed by atoms with Crippen LogP contribution in [0.1, 0.15) is 17.2 Å². The molecule has 1 aliphatic rings. The van der Waals surface area contributed by atoms with Crippen LogP contribution >= 0.6 is 40.7 Å². The maximum Gasteiger partial charge on any atom is 0.408 e. The van der Waals surface area contributed by atoms with E-state index < -0.39 is 12.2 Å². The number of aryl methyl sites for hydroxylation is 1. The average molecular weight is 426 g/mol. The van der Waals surface area contributed by atoms with Crippen LogP contribution in [0.25, 0.3) is 0 Å². The molecule has 0 amide bonds. The van der Waals surface area contributed by atoms with Crippen LogP contribution in [-0.4, -0.2) is 42.4 Å². The van der Waals surface area contributed by atoms with Crippen LogP contribution in [-0.2, 0) is 0 Å². The second-order valence-corrected chi connectivity index (χ2v) is 5.71. The quantitative estimate of drug-likeness (QED) is 0.756. The summed E-state index contributed by atoms with van der Waals surface area (Å²) in [5.41, 5.74) is 0.340. The Kier molecular flexibility index (Phi) is 8.51. The predicted molar refractivity (Wildman–Crippen MR) is 88.3 cm³/mol. The van der Waals surface area contributed by atoms with Crippen molar-refractivity contribution in [1.82, 2.24) is 10.2 Å². The lowest BCUT2D eigenvalue weighted by Crippen LogP contribution is -2.49. The van der Waals surface area contributed by atoms with E-state index in [1.165, 1.54) is 4.90 Å². The van der Waals surface area contributed by atoms with Crippen molar-refractivity contribution in [3.8, 4) is 5.75 Å². The smallest absolute Gasteiger partial charge is 0.408 e. The van der Waals surface area contributed by atoms with Crippen molar-refractivity contribution in [2.45, 2.75) is 19.1 Å². The third-order valence-electron chi connectivity index (χ3n) is 3.47. The van der Waals surface area contributed by atoms with Crippen LogP contribution in [0.15, 0.2) is 16.6 Å². The summed E-state index contributed by atoms with van der Waals surface area (Å²) < 4.78 is 40.7. The Morgan fingerprint density at radius 3 is 2.27 bits per heavy atom. The number of nitrogens with zero attached hydrogens (tertiary/aromatic N) is 1. The molecule has 1 aromatic rings. The zero-order valence-corrected chi connectivity index (χ0v) is 15.0. The van der Waals surface area contributed by atoms with Crippen LogP contribution in [0.2, 0.25) is 0 Å². The van der Waals surface area contributed by atoms with Gasteiger partial charge in [-0.15, -0.1) is 24.8 Å². The summed E-state index contributed by atoms with van der Waals surface area (Å²) in [6.45, 7) is 3.21. The zero-order valence-electron chi connectivity index (χ0n) is 11.8. The van der Waals surface area contributed by atoms with E-state index in [1.54, 1.807) is 19.1 Å². The van der Waals surface area contributed by atoms with Gasteiger partial charge in [-0.3, -0.25) is 4.90 Å². The van der Waals surface area contributed by atoms with Gasteiger partial charge in [0.25, 0.3) is 0 Å². The second-order valence-electron chi connectivity index (χ2n) is 4.86. The van der Waals surface area contributed by atoms with Crippen LogP contribution in [0.5, 0.6) is 5.75 Å². The van der Waals surface area contributed by atoms with Gasteiger partial charge in [0.15, 0.2) is 0 Å². The number of hydrogen-bond acceptors (Lipinski definition) is 3. The highest BCUT2D eigenvalue weighted by molar-refractivity contribution is 9.10. The van der Waals surface area contributed by atoms with Gasteiger partial charge in [0.1, 0.15) is 11.8 Å². The standard InChI is InChI=1S/C13H16BrF3N2O.2ClH/c1-8-2-3-9(14)10(11(8)20)12(13(15,16)17)19-6-4-18-5-7-19;;/h2-3,12,18,20H,4-7H2,1H3;2*1H/t12-;;/m1../s1. The van der Waals surface area contributed by atoms with Gasteiger partial charge < -0.3 is 10.4 Å². The van der Waals surface area contributed by atoms with Crippen molar-refractivity contribution < 1.29 is 18.3 Å². The Hall–Kier alpha value is -0.210. The number of hydrogen-bond donors (Lipinski definition) is 2. The summed E-state index contributed by atoms with van der Waals surface area (Å²) >= 11 is 3.14. The highest BCUT2D eigenvalue weighted by atomic mass is 79.9. The number of nitrogens with one attached hydrogen (secondary N) is 1. The number of benzene rings is 1. The van der Waals surface area contributed by atoms with Crippen molar-refractivity contribution in [3.63, 3.8) is 0 Å². The Labute approximate surface area is 148 Å². The maximum absolute atomic E-state index is 13.5. The number of phenols is 1. The lowest BCUT2D eigenvalue weighted by Gasteiger charge is -2.37. The third-order valence-corrected chi connectivity index (χ3v) is 4.16. The predicted octanol–water partition coefficient (Wildman–Crippen LogP) is 3.82. The third kappa shape index (κ3) is 4.64. The number of halogens is 6. The molecule has 0 spiro atoms. The van der Waals surface area contributed by atoms with E-state index in [0.717, 1.165) is 0 Å². The van der Waals surface area contributed by atoms with Crippen LogP contribution in [0.3, 0.4) is 0 Å². The van der Waals surface area contributed by atoms with Crippen LogP contribution in [0.4, 0.5) is 13.2 Å². The van der Waals surface area contributed by atoms with Gasteiger partial charge in [-0.2, -0.15) is 13.2 Å². The molecule has 2 N–H and O–H groups in total. The summed E-state index contributed by atoms with van der Waals surface area (Å²) in [5, 5.41) is 13.1. The lowest BCUT2D eigenvalue weighted by atomic mass is 10.00. The molecule has 22 heavy (non-hydrogen) atoms. The van der Waals surface area contributed by atoms with Crippen LogP contribution < -0.4 is 5.32 Å². The van der Waals surface area contributed by atoms with Gasteiger partial charge in [0.05, 0.1) is 0 Å².